The van der Waals surface area contributed by atoms with Crippen LogP contribution < -0.4 is 16.0 Å². The Morgan fingerprint density at radius 1 is 1.46 bits per heavy atom. The highest BCUT2D eigenvalue weighted by atomic mass is 79.9. The molecular weight excluding hydrogens is 394 g/mol. The zero-order valence-electron chi connectivity index (χ0n) is 13.1. The average molecular weight is 412 g/mol. The Morgan fingerprint density at radius 3 is 2.71 bits per heavy atom. The number of halogens is 1. The molecular formula is C15H18BrN5O2S. The van der Waals surface area contributed by atoms with Gasteiger partial charge in [-0.05, 0) is 41.8 Å². The predicted molar refractivity (Wildman–Crippen MR) is 96.6 cm³/mol. The first-order valence-electron chi connectivity index (χ1n) is 7.60. The maximum Gasteiger partial charge on any atom is 0.267 e. The minimum Gasteiger partial charge on any atom is -0.365 e. The molecule has 24 heavy (non-hydrogen) atoms. The van der Waals surface area contributed by atoms with Gasteiger partial charge in [0, 0.05) is 29.3 Å². The third-order valence-electron chi connectivity index (χ3n) is 4.03. The van der Waals surface area contributed by atoms with Crippen molar-refractivity contribution in [2.24, 2.45) is 5.73 Å². The third-order valence-corrected chi connectivity index (χ3v) is 5.93. The SMILES string of the molecule is Cc1[nH]c(C(=O)NC2CCN(c3ncc(C(N)=O)s3)CC2)cc1Br. The Balaban J connectivity index is 1.54. The number of aromatic nitrogens is 2. The lowest BCUT2D eigenvalue weighted by molar-refractivity contribution is 0.0925. The maximum atomic E-state index is 12.3. The van der Waals surface area contributed by atoms with Crippen LogP contribution in [0.5, 0.6) is 0 Å². The normalized spacial score (nSPS) is 15.5. The Bertz CT molecular complexity index is 744. The van der Waals surface area contributed by atoms with Crippen molar-refractivity contribution in [3.05, 3.63) is 33.0 Å². The van der Waals surface area contributed by atoms with Crippen molar-refractivity contribution in [2.45, 2.75) is 25.8 Å². The Morgan fingerprint density at radius 2 is 2.17 bits per heavy atom. The largest absolute Gasteiger partial charge is 0.365 e. The van der Waals surface area contributed by atoms with Crippen molar-refractivity contribution < 1.29 is 9.59 Å². The molecule has 3 heterocycles. The molecule has 2 amide bonds. The van der Waals surface area contributed by atoms with Gasteiger partial charge in [-0.25, -0.2) is 4.98 Å². The van der Waals surface area contributed by atoms with Crippen molar-refractivity contribution in [3.63, 3.8) is 0 Å². The molecule has 4 N–H and O–H groups in total. The molecule has 0 aromatic carbocycles. The summed E-state index contributed by atoms with van der Waals surface area (Å²) in [4.78, 5) is 33.3. The molecule has 2 aromatic heterocycles. The Hall–Kier alpha value is -1.87. The predicted octanol–water partition coefficient (Wildman–Crippen LogP) is 2.04. The zero-order chi connectivity index (χ0) is 17.3. The van der Waals surface area contributed by atoms with Gasteiger partial charge in [0.1, 0.15) is 10.6 Å². The second kappa shape index (κ2) is 6.94. The van der Waals surface area contributed by atoms with Crippen molar-refractivity contribution in [1.82, 2.24) is 15.3 Å². The van der Waals surface area contributed by atoms with E-state index < -0.39 is 5.91 Å². The van der Waals surface area contributed by atoms with Crippen LogP contribution in [-0.4, -0.2) is 40.9 Å². The van der Waals surface area contributed by atoms with Crippen LogP contribution in [0.1, 0.15) is 38.7 Å². The van der Waals surface area contributed by atoms with Crippen LogP contribution in [0.25, 0.3) is 0 Å². The third kappa shape index (κ3) is 3.62. The lowest BCUT2D eigenvalue weighted by Crippen LogP contribution is -2.44. The fourth-order valence-corrected chi connectivity index (χ4v) is 3.81. The van der Waals surface area contributed by atoms with Gasteiger partial charge < -0.3 is 20.9 Å². The van der Waals surface area contributed by atoms with Gasteiger partial charge >= 0.3 is 0 Å². The smallest absolute Gasteiger partial charge is 0.267 e. The molecule has 0 radical (unpaired) electrons. The van der Waals surface area contributed by atoms with Crippen molar-refractivity contribution in [3.8, 4) is 0 Å². The molecule has 0 aliphatic carbocycles. The molecule has 0 spiro atoms. The first-order chi connectivity index (χ1) is 11.4. The summed E-state index contributed by atoms with van der Waals surface area (Å²) in [5.74, 6) is -0.541. The number of rotatable bonds is 4. The van der Waals surface area contributed by atoms with Gasteiger partial charge in [-0.1, -0.05) is 11.3 Å². The lowest BCUT2D eigenvalue weighted by atomic mass is 10.1. The van der Waals surface area contributed by atoms with E-state index in [4.69, 9.17) is 5.73 Å². The van der Waals surface area contributed by atoms with Gasteiger partial charge in [-0.2, -0.15) is 0 Å². The number of nitrogens with one attached hydrogen (secondary N) is 2. The second-order valence-electron chi connectivity index (χ2n) is 5.76. The number of primary amides is 1. The number of H-pyrrole nitrogens is 1. The first-order valence-corrected chi connectivity index (χ1v) is 9.21. The van der Waals surface area contributed by atoms with Crippen LogP contribution in [0.4, 0.5) is 5.13 Å². The van der Waals surface area contributed by atoms with Crippen LogP contribution in [-0.2, 0) is 0 Å². The molecule has 1 aliphatic rings. The van der Waals surface area contributed by atoms with Gasteiger partial charge in [-0.15, -0.1) is 0 Å². The van der Waals surface area contributed by atoms with E-state index in [0.29, 0.717) is 10.6 Å². The summed E-state index contributed by atoms with van der Waals surface area (Å²) in [7, 11) is 0. The quantitative estimate of drug-likeness (QED) is 0.715. The number of amides is 2. The van der Waals surface area contributed by atoms with E-state index in [9.17, 15) is 9.59 Å². The maximum absolute atomic E-state index is 12.3. The summed E-state index contributed by atoms with van der Waals surface area (Å²) in [5.41, 5.74) is 6.76. The van der Waals surface area contributed by atoms with E-state index in [-0.39, 0.29) is 11.9 Å². The van der Waals surface area contributed by atoms with Gasteiger partial charge in [0.2, 0.25) is 0 Å². The standard InChI is InChI=1S/C15H18BrN5O2S/c1-8-10(16)6-11(19-8)14(23)20-9-2-4-21(5-3-9)15-18-7-12(24-15)13(17)22/h6-7,9,19H,2-5H2,1H3,(H2,17,22)(H,20,23). The molecule has 0 atom stereocenters. The molecule has 0 bridgehead atoms. The minimum atomic E-state index is -0.451. The molecule has 3 rings (SSSR count). The number of anilines is 1. The van der Waals surface area contributed by atoms with Gasteiger partial charge in [-0.3, -0.25) is 9.59 Å². The van der Waals surface area contributed by atoms with Gasteiger partial charge in [0.15, 0.2) is 5.13 Å². The van der Waals surface area contributed by atoms with Crippen LogP contribution in [0.3, 0.4) is 0 Å². The number of piperidine rings is 1. The average Bonchev–Trinajstić information content (AvgIpc) is 3.16. The van der Waals surface area contributed by atoms with Crippen LogP contribution >= 0.6 is 27.3 Å². The number of carbonyl (C=O) groups excluding carboxylic acids is 2. The van der Waals surface area contributed by atoms with E-state index in [0.717, 1.165) is 41.2 Å². The van der Waals surface area contributed by atoms with E-state index in [2.05, 4.69) is 36.1 Å². The zero-order valence-corrected chi connectivity index (χ0v) is 15.5. The van der Waals surface area contributed by atoms with Crippen LogP contribution in [0.15, 0.2) is 16.7 Å². The first kappa shape index (κ1) is 17.0. The number of aryl methyl sites for hydroxylation is 1. The fraction of sp³-hybridized carbons (Fsp3) is 0.400. The molecule has 0 unspecified atom stereocenters. The van der Waals surface area contributed by atoms with Crippen molar-refractivity contribution >= 4 is 44.2 Å². The molecule has 1 aliphatic heterocycles. The highest BCUT2D eigenvalue weighted by Crippen LogP contribution is 2.25. The molecule has 1 saturated heterocycles. The summed E-state index contributed by atoms with van der Waals surface area (Å²) in [6, 6.07) is 1.92. The number of nitrogens with two attached hydrogens (primary N) is 1. The molecule has 2 aromatic rings. The minimum absolute atomic E-state index is 0.0903. The highest BCUT2D eigenvalue weighted by Gasteiger charge is 2.24. The van der Waals surface area contributed by atoms with Crippen molar-refractivity contribution in [2.75, 3.05) is 18.0 Å². The summed E-state index contributed by atoms with van der Waals surface area (Å²) >= 11 is 4.71. The van der Waals surface area contributed by atoms with Crippen LogP contribution in [0.2, 0.25) is 0 Å². The number of hydrogen-bond acceptors (Lipinski definition) is 5. The number of hydrogen-bond donors (Lipinski definition) is 3. The lowest BCUT2D eigenvalue weighted by Gasteiger charge is -2.32. The molecule has 0 saturated carbocycles. The number of thiazole rings is 1. The molecule has 1 fully saturated rings. The summed E-state index contributed by atoms with van der Waals surface area (Å²) in [5, 5.41) is 3.87. The monoisotopic (exact) mass is 411 g/mol. The van der Waals surface area contributed by atoms with E-state index in [1.54, 1.807) is 6.07 Å². The number of nitrogens with zero attached hydrogens (tertiary/aromatic N) is 2. The highest BCUT2D eigenvalue weighted by molar-refractivity contribution is 9.10. The molecule has 7 nitrogen and oxygen atoms in total. The van der Waals surface area contributed by atoms with Gasteiger partial charge in [0.25, 0.3) is 11.8 Å². The second-order valence-corrected chi connectivity index (χ2v) is 7.63. The van der Waals surface area contributed by atoms with E-state index in [1.165, 1.54) is 17.5 Å². The summed E-state index contributed by atoms with van der Waals surface area (Å²) in [6.07, 6.45) is 3.18. The van der Waals surface area contributed by atoms with Crippen molar-refractivity contribution in [1.29, 1.82) is 0 Å². The fourth-order valence-electron chi connectivity index (χ4n) is 2.66. The molecule has 128 valence electrons. The molecule has 9 heteroatoms. The summed E-state index contributed by atoms with van der Waals surface area (Å²) < 4.78 is 0.900. The van der Waals surface area contributed by atoms with E-state index >= 15 is 0 Å². The number of carbonyl (C=O) groups is 2. The topological polar surface area (TPSA) is 104 Å². The Kier molecular flexibility index (Phi) is 4.91. The van der Waals surface area contributed by atoms with Crippen LogP contribution in [0, 0.1) is 6.92 Å². The van der Waals surface area contributed by atoms with E-state index in [1.807, 2.05) is 6.92 Å². The van der Waals surface area contributed by atoms with Gasteiger partial charge in [0.05, 0.1) is 6.20 Å². The Labute approximate surface area is 151 Å². The number of aromatic amines is 1. The summed E-state index contributed by atoms with van der Waals surface area (Å²) in [6.45, 7) is 3.47.